The number of nitrogens with two attached hydrogens (primary N) is 1. The van der Waals surface area contributed by atoms with Crippen molar-refractivity contribution < 1.29 is 4.74 Å². The summed E-state index contributed by atoms with van der Waals surface area (Å²) in [6, 6.07) is 7.58. The van der Waals surface area contributed by atoms with E-state index in [2.05, 4.69) is 15.5 Å². The number of anilines is 1. The zero-order valence-electron chi connectivity index (χ0n) is 9.99. The minimum Gasteiger partial charge on any atom is -0.398 e. The average molecular weight is 245 g/mol. The van der Waals surface area contributed by atoms with E-state index >= 15 is 0 Å². The molecule has 1 unspecified atom stereocenters. The average Bonchev–Trinajstić information content (AvgIpc) is 2.89. The summed E-state index contributed by atoms with van der Waals surface area (Å²) in [5.74, 6) is 0.667. The molecule has 1 aliphatic rings. The van der Waals surface area contributed by atoms with E-state index in [-0.39, 0.29) is 6.23 Å². The SMILES string of the molecule is Nc1ccccc1-c1nnnn1C1CCCCO1. The molecule has 6 heteroatoms. The Hall–Kier alpha value is -1.95. The summed E-state index contributed by atoms with van der Waals surface area (Å²) in [6.07, 6.45) is 3.09. The quantitative estimate of drug-likeness (QED) is 0.813. The molecule has 6 nitrogen and oxygen atoms in total. The van der Waals surface area contributed by atoms with Crippen molar-refractivity contribution in [3.8, 4) is 11.4 Å². The van der Waals surface area contributed by atoms with Crippen LogP contribution in [-0.4, -0.2) is 26.8 Å². The predicted molar refractivity (Wildman–Crippen MR) is 66.5 cm³/mol. The van der Waals surface area contributed by atoms with Crippen molar-refractivity contribution in [1.29, 1.82) is 0 Å². The summed E-state index contributed by atoms with van der Waals surface area (Å²) in [7, 11) is 0. The second-order valence-electron chi connectivity index (χ2n) is 4.36. The Kier molecular flexibility index (Phi) is 2.93. The molecule has 94 valence electrons. The van der Waals surface area contributed by atoms with Crippen molar-refractivity contribution >= 4 is 5.69 Å². The van der Waals surface area contributed by atoms with Gasteiger partial charge < -0.3 is 10.5 Å². The summed E-state index contributed by atoms with van der Waals surface area (Å²) in [5.41, 5.74) is 7.48. The normalized spacial score (nSPS) is 19.9. The van der Waals surface area contributed by atoms with E-state index < -0.39 is 0 Å². The molecule has 3 rings (SSSR count). The molecule has 0 amide bonds. The maximum atomic E-state index is 5.96. The molecule has 0 spiro atoms. The molecule has 1 aromatic heterocycles. The molecule has 1 aromatic carbocycles. The van der Waals surface area contributed by atoms with Gasteiger partial charge >= 0.3 is 0 Å². The van der Waals surface area contributed by atoms with E-state index in [1.54, 1.807) is 4.68 Å². The summed E-state index contributed by atoms with van der Waals surface area (Å²) in [6.45, 7) is 0.758. The van der Waals surface area contributed by atoms with Crippen LogP contribution in [0, 0.1) is 0 Å². The summed E-state index contributed by atoms with van der Waals surface area (Å²) in [4.78, 5) is 0. The number of ether oxygens (including phenoxy) is 1. The zero-order valence-corrected chi connectivity index (χ0v) is 9.99. The van der Waals surface area contributed by atoms with Crippen LogP contribution >= 0.6 is 0 Å². The first-order valence-electron chi connectivity index (χ1n) is 6.10. The monoisotopic (exact) mass is 245 g/mol. The maximum absolute atomic E-state index is 5.96. The van der Waals surface area contributed by atoms with Crippen molar-refractivity contribution in [2.45, 2.75) is 25.5 Å². The number of para-hydroxylation sites is 1. The van der Waals surface area contributed by atoms with Gasteiger partial charge in [-0.3, -0.25) is 0 Å². The second kappa shape index (κ2) is 4.73. The minimum atomic E-state index is -0.0802. The van der Waals surface area contributed by atoms with Crippen LogP contribution in [0.3, 0.4) is 0 Å². The molecule has 1 saturated heterocycles. The first-order chi connectivity index (χ1) is 8.86. The van der Waals surface area contributed by atoms with Crippen LogP contribution in [-0.2, 0) is 4.74 Å². The Morgan fingerprint density at radius 2 is 2.17 bits per heavy atom. The lowest BCUT2D eigenvalue weighted by Crippen LogP contribution is -2.20. The molecule has 0 radical (unpaired) electrons. The van der Waals surface area contributed by atoms with Gasteiger partial charge in [0.1, 0.15) is 0 Å². The molecule has 0 saturated carbocycles. The number of hydrogen-bond donors (Lipinski definition) is 1. The minimum absolute atomic E-state index is 0.0802. The lowest BCUT2D eigenvalue weighted by Gasteiger charge is -2.23. The molecule has 0 bridgehead atoms. The number of tetrazole rings is 1. The molecule has 0 aliphatic carbocycles. The van der Waals surface area contributed by atoms with Crippen molar-refractivity contribution in [2.75, 3.05) is 12.3 Å². The van der Waals surface area contributed by atoms with Crippen LogP contribution in [0.25, 0.3) is 11.4 Å². The Morgan fingerprint density at radius 1 is 1.28 bits per heavy atom. The smallest absolute Gasteiger partial charge is 0.186 e. The fourth-order valence-electron chi connectivity index (χ4n) is 2.18. The highest BCUT2D eigenvalue weighted by Crippen LogP contribution is 2.28. The molecule has 2 aromatic rings. The van der Waals surface area contributed by atoms with Gasteiger partial charge in [0.25, 0.3) is 0 Å². The van der Waals surface area contributed by atoms with Crippen LogP contribution in [0.4, 0.5) is 5.69 Å². The Bertz CT molecular complexity index is 533. The lowest BCUT2D eigenvalue weighted by atomic mass is 10.1. The van der Waals surface area contributed by atoms with Crippen molar-refractivity contribution in [1.82, 2.24) is 20.2 Å². The molecular weight excluding hydrogens is 230 g/mol. The predicted octanol–water partition coefficient (Wildman–Crippen LogP) is 1.62. The molecule has 18 heavy (non-hydrogen) atoms. The van der Waals surface area contributed by atoms with Crippen LogP contribution in [0.1, 0.15) is 25.5 Å². The number of rotatable bonds is 2. The van der Waals surface area contributed by atoms with Crippen LogP contribution < -0.4 is 5.73 Å². The Morgan fingerprint density at radius 3 is 2.94 bits per heavy atom. The third kappa shape index (κ3) is 1.95. The second-order valence-corrected chi connectivity index (χ2v) is 4.36. The molecule has 2 heterocycles. The van der Waals surface area contributed by atoms with E-state index in [0.29, 0.717) is 11.5 Å². The highest BCUT2D eigenvalue weighted by molar-refractivity contribution is 5.70. The van der Waals surface area contributed by atoms with Gasteiger partial charge in [0.15, 0.2) is 12.1 Å². The number of nitrogens with zero attached hydrogens (tertiary/aromatic N) is 4. The van der Waals surface area contributed by atoms with Gasteiger partial charge in [0.2, 0.25) is 0 Å². The van der Waals surface area contributed by atoms with Gasteiger partial charge in [-0.25, -0.2) is 0 Å². The van der Waals surface area contributed by atoms with Crippen LogP contribution in [0.5, 0.6) is 0 Å². The largest absolute Gasteiger partial charge is 0.398 e. The van der Waals surface area contributed by atoms with E-state index in [1.807, 2.05) is 24.3 Å². The van der Waals surface area contributed by atoms with Crippen LogP contribution in [0.15, 0.2) is 24.3 Å². The molecular formula is C12H15N5O. The van der Waals surface area contributed by atoms with E-state index in [1.165, 1.54) is 0 Å². The Labute approximate surface area is 105 Å². The highest BCUT2D eigenvalue weighted by atomic mass is 16.5. The topological polar surface area (TPSA) is 78.9 Å². The van der Waals surface area contributed by atoms with E-state index in [9.17, 15) is 0 Å². The fourth-order valence-corrected chi connectivity index (χ4v) is 2.18. The van der Waals surface area contributed by atoms with Gasteiger partial charge in [-0.05, 0) is 41.8 Å². The lowest BCUT2D eigenvalue weighted by molar-refractivity contribution is -0.0394. The fraction of sp³-hybridized carbons (Fsp3) is 0.417. The van der Waals surface area contributed by atoms with Crippen molar-refractivity contribution in [3.63, 3.8) is 0 Å². The maximum Gasteiger partial charge on any atom is 0.186 e. The number of hydrogen-bond acceptors (Lipinski definition) is 5. The van der Waals surface area contributed by atoms with Gasteiger partial charge in [-0.1, -0.05) is 12.1 Å². The number of nitrogen functional groups attached to an aromatic ring is 1. The zero-order chi connectivity index (χ0) is 12.4. The van der Waals surface area contributed by atoms with Gasteiger partial charge in [0, 0.05) is 17.9 Å². The summed E-state index contributed by atoms with van der Waals surface area (Å²) < 4.78 is 7.43. The number of benzene rings is 1. The standard InChI is InChI=1S/C12H15N5O/c13-10-6-2-1-5-9(10)12-14-15-16-17(12)11-7-3-4-8-18-11/h1-2,5-6,11H,3-4,7-8,13H2. The highest BCUT2D eigenvalue weighted by Gasteiger charge is 2.22. The molecule has 1 atom stereocenters. The first kappa shape index (κ1) is 11.2. The van der Waals surface area contributed by atoms with E-state index in [0.717, 1.165) is 31.4 Å². The first-order valence-corrected chi connectivity index (χ1v) is 6.10. The molecule has 1 fully saturated rings. The van der Waals surface area contributed by atoms with Crippen molar-refractivity contribution in [3.05, 3.63) is 24.3 Å². The van der Waals surface area contributed by atoms with Gasteiger partial charge in [0.05, 0.1) is 0 Å². The molecule has 1 aliphatic heterocycles. The summed E-state index contributed by atoms with van der Waals surface area (Å²) >= 11 is 0. The van der Waals surface area contributed by atoms with Gasteiger partial charge in [-0.2, -0.15) is 4.68 Å². The van der Waals surface area contributed by atoms with Crippen molar-refractivity contribution in [2.24, 2.45) is 0 Å². The molecule has 2 N–H and O–H groups in total. The van der Waals surface area contributed by atoms with Gasteiger partial charge in [-0.15, -0.1) is 5.10 Å². The Balaban J connectivity index is 1.98. The third-order valence-electron chi connectivity index (χ3n) is 3.12. The number of aromatic nitrogens is 4. The van der Waals surface area contributed by atoms with E-state index in [4.69, 9.17) is 10.5 Å². The van der Waals surface area contributed by atoms with Crippen LogP contribution in [0.2, 0.25) is 0 Å². The summed E-state index contributed by atoms with van der Waals surface area (Å²) in [5, 5.41) is 11.8. The third-order valence-corrected chi connectivity index (χ3v) is 3.12.